The number of aromatic nitrogens is 1. The summed E-state index contributed by atoms with van der Waals surface area (Å²) in [6, 6.07) is 9.31. The summed E-state index contributed by atoms with van der Waals surface area (Å²) in [4.78, 5) is 43.6. The lowest BCUT2D eigenvalue weighted by molar-refractivity contribution is 0.0574. The molecule has 0 fully saturated rings. The van der Waals surface area contributed by atoms with Crippen molar-refractivity contribution in [1.29, 1.82) is 0 Å². The second-order valence-corrected chi connectivity index (χ2v) is 9.94. The van der Waals surface area contributed by atoms with Crippen LogP contribution in [0.2, 0.25) is 0 Å². The molecule has 1 amide bonds. The van der Waals surface area contributed by atoms with Crippen molar-refractivity contribution in [2.75, 3.05) is 12.0 Å². The molecule has 0 spiro atoms. The normalized spacial score (nSPS) is 11.1. The molecule has 38 heavy (non-hydrogen) atoms. The summed E-state index contributed by atoms with van der Waals surface area (Å²) in [6.07, 6.45) is 0.935. The first-order valence-corrected chi connectivity index (χ1v) is 11.9. The Morgan fingerprint density at radius 3 is 2.16 bits per heavy atom. The zero-order valence-corrected chi connectivity index (χ0v) is 22.6. The fourth-order valence-corrected chi connectivity index (χ4v) is 4.22. The van der Waals surface area contributed by atoms with Crippen LogP contribution >= 0.6 is 0 Å². The summed E-state index contributed by atoms with van der Waals surface area (Å²) in [7, 11) is 1.55. The first-order valence-electron chi connectivity index (χ1n) is 11.9. The quantitative estimate of drug-likeness (QED) is 0.387. The van der Waals surface area contributed by atoms with E-state index >= 15 is 0 Å². The van der Waals surface area contributed by atoms with E-state index in [1.165, 1.54) is 17.0 Å². The Morgan fingerprint density at radius 2 is 1.58 bits per heavy atom. The molecule has 1 heterocycles. The van der Waals surface area contributed by atoms with E-state index in [9.17, 15) is 24.6 Å². The van der Waals surface area contributed by atoms with Gasteiger partial charge in [-0.15, -0.1) is 0 Å². The van der Waals surface area contributed by atoms with E-state index < -0.39 is 23.6 Å². The van der Waals surface area contributed by atoms with Gasteiger partial charge in [-0.25, -0.2) is 14.4 Å². The van der Waals surface area contributed by atoms with E-state index in [0.717, 1.165) is 11.1 Å². The van der Waals surface area contributed by atoms with Gasteiger partial charge in [0.05, 0.1) is 36.2 Å². The molecule has 0 radical (unpaired) electrons. The number of rotatable bonds is 7. The molecular weight excluding hydrogens is 488 g/mol. The largest absolute Gasteiger partial charge is 0.496 e. The molecule has 3 rings (SSSR count). The number of aromatic carboxylic acids is 2. The molecular formula is C29H32N2O7. The minimum absolute atomic E-state index is 0.00300. The number of carboxylic acid groups (broad SMARTS) is 2. The van der Waals surface area contributed by atoms with Crippen LogP contribution in [0.4, 0.5) is 10.5 Å². The van der Waals surface area contributed by atoms with Crippen molar-refractivity contribution in [3.05, 3.63) is 76.1 Å². The van der Waals surface area contributed by atoms with Crippen molar-refractivity contribution in [1.82, 2.24) is 4.98 Å². The number of pyridine rings is 1. The van der Waals surface area contributed by atoms with Gasteiger partial charge < -0.3 is 19.7 Å². The monoisotopic (exact) mass is 520 g/mol. The van der Waals surface area contributed by atoms with Crippen LogP contribution < -0.4 is 9.64 Å². The highest BCUT2D eigenvalue weighted by molar-refractivity contribution is 6.00. The SMILES string of the molecule is COc1c(C)cnc(CN(C(=O)OC(C)(C)C)c2cc(-c3ccccc3C(=O)O)cc(C(=O)O)c2C)c1C. The van der Waals surface area contributed by atoms with Crippen LogP contribution in [-0.4, -0.2) is 45.9 Å². The minimum Gasteiger partial charge on any atom is -0.496 e. The number of carboxylic acids is 2. The summed E-state index contributed by atoms with van der Waals surface area (Å²) >= 11 is 0. The molecule has 2 aromatic carbocycles. The van der Waals surface area contributed by atoms with Crippen molar-refractivity contribution in [3.8, 4) is 16.9 Å². The topological polar surface area (TPSA) is 126 Å². The highest BCUT2D eigenvalue weighted by Gasteiger charge is 2.29. The summed E-state index contributed by atoms with van der Waals surface area (Å²) in [5, 5.41) is 19.7. The summed E-state index contributed by atoms with van der Waals surface area (Å²) in [5.41, 5.74) is 2.41. The lowest BCUT2D eigenvalue weighted by atomic mass is 9.94. The van der Waals surface area contributed by atoms with Gasteiger partial charge in [-0.05, 0) is 76.4 Å². The number of amides is 1. The van der Waals surface area contributed by atoms with Crippen LogP contribution in [0.5, 0.6) is 5.75 Å². The number of aryl methyl sites for hydroxylation is 1. The Morgan fingerprint density at radius 1 is 0.947 bits per heavy atom. The number of methoxy groups -OCH3 is 1. The van der Waals surface area contributed by atoms with E-state index in [1.54, 1.807) is 65.3 Å². The van der Waals surface area contributed by atoms with Gasteiger partial charge in [-0.3, -0.25) is 9.88 Å². The van der Waals surface area contributed by atoms with E-state index in [-0.39, 0.29) is 23.4 Å². The third-order valence-electron chi connectivity index (χ3n) is 6.04. The summed E-state index contributed by atoms with van der Waals surface area (Å²) < 4.78 is 11.2. The lowest BCUT2D eigenvalue weighted by Crippen LogP contribution is -2.37. The van der Waals surface area contributed by atoms with Gasteiger partial charge in [-0.2, -0.15) is 0 Å². The number of anilines is 1. The molecule has 0 atom stereocenters. The Labute approximate surface area is 221 Å². The highest BCUT2D eigenvalue weighted by atomic mass is 16.6. The van der Waals surface area contributed by atoms with Crippen LogP contribution in [-0.2, 0) is 11.3 Å². The third-order valence-corrected chi connectivity index (χ3v) is 6.04. The second-order valence-electron chi connectivity index (χ2n) is 9.94. The first-order chi connectivity index (χ1) is 17.7. The first kappa shape index (κ1) is 28.2. The number of hydrogen-bond donors (Lipinski definition) is 2. The summed E-state index contributed by atoms with van der Waals surface area (Å²) in [6.45, 7) is 10.4. The Kier molecular flexibility index (Phi) is 8.10. The average Bonchev–Trinajstić information content (AvgIpc) is 2.83. The van der Waals surface area contributed by atoms with Gasteiger partial charge in [-0.1, -0.05) is 18.2 Å². The molecule has 0 bridgehead atoms. The maximum absolute atomic E-state index is 13.6. The van der Waals surface area contributed by atoms with E-state index in [0.29, 0.717) is 28.1 Å². The number of nitrogens with zero attached hydrogens (tertiary/aromatic N) is 2. The standard InChI is InChI=1S/C29H32N2O7/c1-16-14-30-23(18(3)25(16)37-7)15-31(28(36)38-29(4,5)6)24-13-19(12-22(17(24)2)27(34)35)20-10-8-9-11-21(20)26(32)33/h8-14H,15H2,1-7H3,(H,32,33)(H,34,35). The Balaban J connectivity index is 2.30. The number of carbonyl (C=O) groups excluding carboxylic acids is 1. The number of ether oxygens (including phenoxy) is 2. The molecule has 1 aromatic heterocycles. The molecule has 3 aromatic rings. The van der Waals surface area contributed by atoms with Crippen molar-refractivity contribution >= 4 is 23.7 Å². The van der Waals surface area contributed by atoms with Gasteiger partial charge in [0, 0.05) is 17.3 Å². The zero-order chi connectivity index (χ0) is 28.4. The van der Waals surface area contributed by atoms with Gasteiger partial charge >= 0.3 is 18.0 Å². The molecule has 0 aliphatic heterocycles. The number of carbonyl (C=O) groups is 3. The smallest absolute Gasteiger partial charge is 0.415 e. The van der Waals surface area contributed by atoms with Crippen molar-refractivity contribution in [3.63, 3.8) is 0 Å². The zero-order valence-electron chi connectivity index (χ0n) is 22.6. The summed E-state index contributed by atoms with van der Waals surface area (Å²) in [5.74, 6) is -1.74. The predicted octanol–water partition coefficient (Wildman–Crippen LogP) is 6.02. The van der Waals surface area contributed by atoms with E-state index in [4.69, 9.17) is 9.47 Å². The predicted molar refractivity (Wildman–Crippen MR) is 143 cm³/mol. The molecule has 0 saturated heterocycles. The average molecular weight is 521 g/mol. The molecule has 0 unspecified atom stereocenters. The van der Waals surface area contributed by atoms with Crippen molar-refractivity contribution in [2.45, 2.75) is 53.7 Å². The maximum atomic E-state index is 13.6. The van der Waals surface area contributed by atoms with Gasteiger partial charge in [0.1, 0.15) is 11.4 Å². The molecule has 9 nitrogen and oxygen atoms in total. The van der Waals surface area contributed by atoms with Crippen LogP contribution in [0, 0.1) is 20.8 Å². The van der Waals surface area contributed by atoms with Gasteiger partial charge in [0.15, 0.2) is 0 Å². The number of benzene rings is 2. The Hall–Kier alpha value is -4.40. The Bertz CT molecular complexity index is 1410. The molecule has 200 valence electrons. The number of hydrogen-bond acceptors (Lipinski definition) is 6. The molecule has 0 aliphatic rings. The molecule has 0 aliphatic carbocycles. The van der Waals surface area contributed by atoms with Crippen LogP contribution in [0.1, 0.15) is 63.9 Å². The fourth-order valence-electron chi connectivity index (χ4n) is 4.22. The third kappa shape index (κ3) is 5.94. The highest BCUT2D eigenvalue weighted by Crippen LogP contribution is 2.35. The fraction of sp³-hybridized carbons (Fsp3) is 0.310. The van der Waals surface area contributed by atoms with Crippen molar-refractivity contribution < 1.29 is 34.1 Å². The van der Waals surface area contributed by atoms with E-state index in [1.807, 2.05) is 13.8 Å². The van der Waals surface area contributed by atoms with Crippen molar-refractivity contribution in [2.24, 2.45) is 0 Å². The molecule has 2 N–H and O–H groups in total. The van der Waals surface area contributed by atoms with Crippen LogP contribution in [0.25, 0.3) is 11.1 Å². The van der Waals surface area contributed by atoms with Gasteiger partial charge in [0.25, 0.3) is 0 Å². The van der Waals surface area contributed by atoms with Crippen LogP contribution in [0.15, 0.2) is 42.6 Å². The maximum Gasteiger partial charge on any atom is 0.415 e. The van der Waals surface area contributed by atoms with E-state index in [2.05, 4.69) is 4.98 Å². The van der Waals surface area contributed by atoms with Crippen LogP contribution in [0.3, 0.4) is 0 Å². The molecule has 0 saturated carbocycles. The lowest BCUT2D eigenvalue weighted by Gasteiger charge is -2.29. The molecule has 9 heteroatoms. The van der Waals surface area contributed by atoms with Gasteiger partial charge in [0.2, 0.25) is 0 Å². The second kappa shape index (κ2) is 10.9. The minimum atomic E-state index is -1.21.